The number of hydrogen-bond acceptors (Lipinski definition) is 10. The van der Waals surface area contributed by atoms with Crippen molar-refractivity contribution in [3.05, 3.63) is 45.5 Å². The minimum atomic E-state index is -1.15. The lowest BCUT2D eigenvalue weighted by Gasteiger charge is -2.64. The maximum Gasteiger partial charge on any atom is 0.326 e. The van der Waals surface area contributed by atoms with Crippen LogP contribution in [0.4, 0.5) is 0 Å². The lowest BCUT2D eigenvalue weighted by Crippen LogP contribution is -2.69. The van der Waals surface area contributed by atoms with E-state index < -0.39 is 58.3 Å². The van der Waals surface area contributed by atoms with Crippen LogP contribution in [0.15, 0.2) is 12.1 Å². The monoisotopic (exact) mass is 898 g/mol. The number of rotatable bonds is 7. The number of phenols is 2. The molecule has 2 aromatic rings. The van der Waals surface area contributed by atoms with Crippen molar-refractivity contribution < 1.29 is 54.5 Å². The first-order valence-corrected chi connectivity index (χ1v) is 24.5. The largest absolute Gasteiger partial charge is 0.508 e. The van der Waals surface area contributed by atoms with Crippen molar-refractivity contribution in [2.45, 2.75) is 181 Å². The molecule has 4 saturated carbocycles. The summed E-state index contributed by atoms with van der Waals surface area (Å²) in [6.07, 6.45) is 5.21. The molecule has 4 unspecified atom stereocenters. The van der Waals surface area contributed by atoms with Gasteiger partial charge in [-0.15, -0.1) is 0 Å². The van der Waals surface area contributed by atoms with Crippen LogP contribution in [-0.4, -0.2) is 100 Å². The predicted octanol–water partition coefficient (Wildman–Crippen LogP) is 7.12. The van der Waals surface area contributed by atoms with E-state index in [0.29, 0.717) is 79.8 Å². The van der Waals surface area contributed by atoms with Gasteiger partial charge < -0.3 is 49.9 Å². The Kier molecular flexibility index (Phi) is 9.96. The molecule has 0 saturated heterocycles. The van der Waals surface area contributed by atoms with Crippen molar-refractivity contribution in [3.8, 4) is 23.0 Å². The number of benzene rings is 2. The minimum Gasteiger partial charge on any atom is -0.508 e. The van der Waals surface area contributed by atoms with Gasteiger partial charge >= 0.3 is 5.97 Å². The van der Waals surface area contributed by atoms with Gasteiger partial charge in [0.05, 0.1) is 42.5 Å². The first kappa shape index (κ1) is 44.7. The fourth-order valence-corrected chi connectivity index (χ4v) is 16.2. The molecule has 0 bridgehead atoms. The molecule has 4 fully saturated rings. The predicted molar refractivity (Wildman–Crippen MR) is 240 cm³/mol. The van der Waals surface area contributed by atoms with Crippen LogP contribution in [0.3, 0.4) is 0 Å². The normalized spacial score (nSPS) is 38.7. The van der Waals surface area contributed by atoms with E-state index in [2.05, 4.69) is 41.5 Å². The van der Waals surface area contributed by atoms with E-state index in [4.69, 9.17) is 9.47 Å². The molecule has 65 heavy (non-hydrogen) atoms. The number of carbonyl (C=O) groups is 3. The Morgan fingerprint density at radius 3 is 1.85 bits per heavy atom. The summed E-state index contributed by atoms with van der Waals surface area (Å²) in [6, 6.07) is 1.90. The Bertz CT molecular complexity index is 2380. The topological polar surface area (TPSA) is 198 Å². The van der Waals surface area contributed by atoms with Crippen molar-refractivity contribution in [2.75, 3.05) is 6.54 Å². The minimum absolute atomic E-state index is 0.0116. The number of carbonyl (C=O) groups excluding carboxylic acids is 2. The van der Waals surface area contributed by atoms with Crippen molar-refractivity contribution in [1.29, 1.82) is 0 Å². The molecule has 2 aromatic carbocycles. The second kappa shape index (κ2) is 14.5. The van der Waals surface area contributed by atoms with Crippen molar-refractivity contribution >= 4 is 17.8 Å². The number of aliphatic hydroxyl groups excluding tert-OH is 3. The van der Waals surface area contributed by atoms with Crippen LogP contribution in [0.2, 0.25) is 0 Å². The number of carboxylic acid groups (broad SMARTS) is 1. The second-order valence-electron chi connectivity index (χ2n) is 23.6. The van der Waals surface area contributed by atoms with Crippen LogP contribution in [0.1, 0.15) is 163 Å². The number of fused-ring (bicyclic) bond motifs is 10. The van der Waals surface area contributed by atoms with E-state index in [1.54, 1.807) is 11.0 Å². The quantitative estimate of drug-likeness (QED) is 0.155. The van der Waals surface area contributed by atoms with Crippen LogP contribution < -0.4 is 9.47 Å². The number of aliphatic carboxylic acids is 1. The van der Waals surface area contributed by atoms with E-state index in [-0.39, 0.29) is 70.4 Å². The zero-order chi connectivity index (χ0) is 46.7. The highest BCUT2D eigenvalue weighted by molar-refractivity contribution is 6.02. The molecule has 8 aliphatic rings. The molecule has 2 spiro atoms. The van der Waals surface area contributed by atoms with Crippen molar-refractivity contribution in [2.24, 2.45) is 45.3 Å². The number of aromatic hydroxyl groups is 2. The average Bonchev–Trinajstić information content (AvgIpc) is 4.01. The third-order valence-corrected chi connectivity index (χ3v) is 20.1. The number of carboxylic acids is 1. The molecule has 10 rings (SSSR count). The maximum absolute atomic E-state index is 14.1. The molecule has 2 amide bonds. The number of aliphatic hydroxyl groups is 3. The summed E-state index contributed by atoms with van der Waals surface area (Å²) in [6.45, 7) is 17.9. The van der Waals surface area contributed by atoms with Gasteiger partial charge in [0, 0.05) is 52.5 Å². The molecule has 4 heterocycles. The molecular formula is C52H70N2O11. The van der Waals surface area contributed by atoms with Gasteiger partial charge in [-0.05, 0) is 111 Å². The van der Waals surface area contributed by atoms with Gasteiger partial charge in [-0.1, -0.05) is 55.4 Å². The molecular weight excluding hydrogens is 829 g/mol. The van der Waals surface area contributed by atoms with Crippen LogP contribution in [0, 0.1) is 45.3 Å². The van der Waals surface area contributed by atoms with E-state index in [9.17, 15) is 45.0 Å². The van der Waals surface area contributed by atoms with Crippen molar-refractivity contribution in [3.63, 3.8) is 0 Å². The van der Waals surface area contributed by atoms with Crippen LogP contribution in [0.5, 0.6) is 23.0 Å². The van der Waals surface area contributed by atoms with Crippen LogP contribution >= 0.6 is 0 Å². The van der Waals surface area contributed by atoms with Gasteiger partial charge in [0.1, 0.15) is 40.2 Å². The number of nitrogens with zero attached hydrogens (tertiary/aromatic N) is 2. The van der Waals surface area contributed by atoms with E-state index >= 15 is 0 Å². The summed E-state index contributed by atoms with van der Waals surface area (Å²) < 4.78 is 14.3. The zero-order valence-corrected chi connectivity index (χ0v) is 39.5. The third kappa shape index (κ3) is 5.82. The van der Waals surface area contributed by atoms with E-state index in [1.165, 1.54) is 11.0 Å². The van der Waals surface area contributed by atoms with E-state index in [1.807, 2.05) is 13.8 Å². The Balaban J connectivity index is 0.834. The zero-order valence-electron chi connectivity index (χ0n) is 39.5. The lowest BCUT2D eigenvalue weighted by molar-refractivity contribution is -0.240. The van der Waals surface area contributed by atoms with E-state index in [0.717, 1.165) is 43.2 Å². The summed E-state index contributed by atoms with van der Waals surface area (Å²) in [5, 5.41) is 67.0. The highest BCUT2D eigenvalue weighted by Gasteiger charge is 2.70. The maximum atomic E-state index is 14.1. The number of hydrogen-bond donors (Lipinski definition) is 6. The van der Waals surface area contributed by atoms with Gasteiger partial charge in [-0.3, -0.25) is 9.59 Å². The fraction of sp³-hybridized carbons (Fsp3) is 0.712. The number of unbranched alkanes of at least 4 members (excludes halogenated alkanes) is 1. The molecule has 6 N–H and O–H groups in total. The third-order valence-electron chi connectivity index (χ3n) is 20.1. The van der Waals surface area contributed by atoms with Gasteiger partial charge in [0.25, 0.3) is 11.8 Å². The van der Waals surface area contributed by atoms with Crippen molar-refractivity contribution in [1.82, 2.24) is 9.80 Å². The average molecular weight is 899 g/mol. The second-order valence-corrected chi connectivity index (χ2v) is 23.6. The molecule has 0 radical (unpaired) electrons. The van der Waals surface area contributed by atoms with Gasteiger partial charge in [-0.2, -0.15) is 0 Å². The summed E-state index contributed by atoms with van der Waals surface area (Å²) in [4.78, 5) is 44.1. The Morgan fingerprint density at radius 2 is 1.26 bits per heavy atom. The van der Waals surface area contributed by atoms with Gasteiger partial charge in [0.2, 0.25) is 0 Å². The SMILES string of the molecule is C[C@@H]1CCC2C(C)(C)[C@H](O)CC[C@]2(C)C12Cc1c(O)cc3c(c1O2)CN(CCCC[C@@H](C(=O)O)N1Cc2c(cc(O)c4c2OC2(C4)[C@H](C)CCC4C(C)(C)[C@H](O)[C@H](O)C[C@@]42C)C1=O)C3=O. The Morgan fingerprint density at radius 1 is 0.723 bits per heavy atom. The molecule has 0 aromatic heterocycles. The number of amides is 2. The molecule has 12 atom stereocenters. The fourth-order valence-electron chi connectivity index (χ4n) is 16.2. The summed E-state index contributed by atoms with van der Waals surface area (Å²) in [5.74, 6) is -0.287. The standard InChI is InChI=1S/C52H70N2O11/c1-26-12-14-38-47(3,4)40(58)16-17-49(38,7)51(26)21-30-35(55)19-28-32(41(30)64-51)24-53(44(28)60)18-10-9-11-34(46(62)63)54-25-33-29(45(54)61)20-36(56)31-22-52(65-42(31)33)27(2)13-15-39-48(5,6)43(59)37(57)23-50(39,52)8/h19-20,26-27,34,37-40,43,55-59H,9-18,21-25H2,1-8H3,(H,62,63)/t26-,27-,34+,37-,38?,39?,40-,43-,49+,50+,51?,52?/m1/s1. The van der Waals surface area contributed by atoms with Gasteiger partial charge in [-0.25, -0.2) is 4.79 Å². The molecule has 13 nitrogen and oxygen atoms in total. The smallest absolute Gasteiger partial charge is 0.326 e. The summed E-state index contributed by atoms with van der Waals surface area (Å²) >= 11 is 0. The first-order chi connectivity index (χ1) is 30.4. The van der Waals surface area contributed by atoms with Crippen LogP contribution in [-0.2, 0) is 30.7 Å². The number of ether oxygens (including phenoxy) is 2. The Labute approximate surface area is 382 Å². The highest BCUT2D eigenvalue weighted by atomic mass is 16.5. The van der Waals surface area contributed by atoms with Gasteiger partial charge in [0.15, 0.2) is 0 Å². The summed E-state index contributed by atoms with van der Waals surface area (Å²) in [5.41, 5.74) is 0.244. The highest BCUT2D eigenvalue weighted by Crippen LogP contribution is 2.69. The molecule has 4 aliphatic heterocycles. The lowest BCUT2D eigenvalue weighted by atomic mass is 9.43. The Hall–Kier alpha value is -4.07. The van der Waals surface area contributed by atoms with Crippen LogP contribution in [0.25, 0.3) is 0 Å². The summed E-state index contributed by atoms with van der Waals surface area (Å²) in [7, 11) is 0. The molecule has 354 valence electrons. The molecule has 13 heteroatoms. The molecule has 4 aliphatic carbocycles. The number of phenolic OH excluding ortho intramolecular Hbond substituents is 2. The first-order valence-electron chi connectivity index (χ1n) is 24.5.